The smallest absolute Gasteiger partial charge is 0.266 e. The van der Waals surface area contributed by atoms with E-state index in [9.17, 15) is 10.1 Å². The van der Waals surface area contributed by atoms with Crippen LogP contribution in [-0.2, 0) is 11.2 Å². The van der Waals surface area contributed by atoms with Crippen molar-refractivity contribution in [2.24, 2.45) is 5.92 Å². The fourth-order valence-electron chi connectivity index (χ4n) is 3.79. The van der Waals surface area contributed by atoms with Crippen molar-refractivity contribution in [2.45, 2.75) is 33.1 Å². The molecule has 1 N–H and O–H groups in total. The summed E-state index contributed by atoms with van der Waals surface area (Å²) < 4.78 is 0. The van der Waals surface area contributed by atoms with Crippen LogP contribution in [-0.4, -0.2) is 23.9 Å². The van der Waals surface area contributed by atoms with E-state index in [1.165, 1.54) is 5.56 Å². The Morgan fingerprint density at radius 3 is 2.36 bits per heavy atom. The summed E-state index contributed by atoms with van der Waals surface area (Å²) in [7, 11) is 0. The molecule has 0 aromatic heterocycles. The van der Waals surface area contributed by atoms with E-state index in [4.69, 9.17) is 0 Å². The molecular formula is C24H27N3O. The standard InChI is InChI=1S/C24H27N3O/c1-18-7-6-8-19(2)23(18)26-17-22(16-25)24(28)27-13-11-21(12-14-27)15-20-9-4-3-5-10-20/h3-10,17,21,26H,11-15H2,1-2H3/b22-17-. The third-order valence-electron chi connectivity index (χ3n) is 5.46. The number of carbonyl (C=O) groups excluding carboxylic acids is 1. The molecule has 0 spiro atoms. The summed E-state index contributed by atoms with van der Waals surface area (Å²) in [5.74, 6) is 0.410. The van der Waals surface area contributed by atoms with Gasteiger partial charge < -0.3 is 10.2 Å². The van der Waals surface area contributed by atoms with Gasteiger partial charge in [-0.15, -0.1) is 0 Å². The number of carbonyl (C=O) groups is 1. The molecule has 1 heterocycles. The lowest BCUT2D eigenvalue weighted by atomic mass is 9.90. The van der Waals surface area contributed by atoms with Gasteiger partial charge in [-0.2, -0.15) is 5.26 Å². The zero-order chi connectivity index (χ0) is 19.9. The van der Waals surface area contributed by atoms with E-state index in [1.54, 1.807) is 6.20 Å². The molecule has 0 radical (unpaired) electrons. The number of aryl methyl sites for hydroxylation is 2. The lowest BCUT2D eigenvalue weighted by molar-refractivity contribution is -0.128. The molecule has 4 nitrogen and oxygen atoms in total. The highest BCUT2D eigenvalue weighted by Gasteiger charge is 2.25. The lowest BCUT2D eigenvalue weighted by Gasteiger charge is -2.32. The number of nitrogens with one attached hydrogen (secondary N) is 1. The molecule has 2 aromatic rings. The Balaban J connectivity index is 1.59. The maximum absolute atomic E-state index is 12.8. The van der Waals surface area contributed by atoms with Crippen LogP contribution in [0.5, 0.6) is 0 Å². The number of piperidine rings is 1. The number of hydrogen-bond donors (Lipinski definition) is 1. The summed E-state index contributed by atoms with van der Waals surface area (Å²) in [6.45, 7) is 5.43. The SMILES string of the molecule is Cc1cccc(C)c1N/C=C(/C#N)C(=O)N1CCC(Cc2ccccc2)CC1. The summed E-state index contributed by atoms with van der Waals surface area (Å²) in [5.41, 5.74) is 4.63. The second kappa shape index (κ2) is 9.23. The van der Waals surface area contributed by atoms with Crippen molar-refractivity contribution in [1.29, 1.82) is 5.26 Å². The molecule has 4 heteroatoms. The minimum Gasteiger partial charge on any atom is -0.360 e. The predicted molar refractivity (Wildman–Crippen MR) is 113 cm³/mol. The van der Waals surface area contributed by atoms with E-state index in [2.05, 4.69) is 35.7 Å². The van der Waals surface area contributed by atoms with Crippen molar-refractivity contribution in [3.63, 3.8) is 0 Å². The van der Waals surface area contributed by atoms with Gasteiger partial charge in [-0.25, -0.2) is 0 Å². The number of likely N-dealkylation sites (tertiary alicyclic amines) is 1. The van der Waals surface area contributed by atoms with Crippen LogP contribution in [0.1, 0.15) is 29.5 Å². The molecule has 144 valence electrons. The fourth-order valence-corrected chi connectivity index (χ4v) is 3.79. The quantitative estimate of drug-likeness (QED) is 0.615. The van der Waals surface area contributed by atoms with Crippen molar-refractivity contribution >= 4 is 11.6 Å². The minimum atomic E-state index is -0.181. The summed E-state index contributed by atoms with van der Waals surface area (Å²) in [6, 6.07) is 18.6. The summed E-state index contributed by atoms with van der Waals surface area (Å²) in [5, 5.41) is 12.6. The number of hydrogen-bond acceptors (Lipinski definition) is 3. The van der Waals surface area contributed by atoms with Crippen molar-refractivity contribution in [2.75, 3.05) is 18.4 Å². The van der Waals surface area contributed by atoms with Gasteiger partial charge in [-0.3, -0.25) is 4.79 Å². The Kier molecular flexibility index (Phi) is 6.49. The van der Waals surface area contributed by atoms with Crippen LogP contribution in [0.15, 0.2) is 60.3 Å². The number of rotatable bonds is 5. The van der Waals surface area contributed by atoms with Gasteiger partial charge in [0.25, 0.3) is 5.91 Å². The third kappa shape index (κ3) is 4.80. The molecule has 2 aromatic carbocycles. The third-order valence-corrected chi connectivity index (χ3v) is 5.46. The van der Waals surface area contributed by atoms with Crippen LogP contribution in [0.25, 0.3) is 0 Å². The number of benzene rings is 2. The Hall–Kier alpha value is -3.06. The molecule has 0 saturated carbocycles. The van der Waals surface area contributed by atoms with Crippen LogP contribution in [0, 0.1) is 31.1 Å². The van der Waals surface area contributed by atoms with E-state index in [0.717, 1.165) is 36.1 Å². The average molecular weight is 374 g/mol. The Labute approximate surface area is 167 Å². The van der Waals surface area contributed by atoms with Gasteiger partial charge >= 0.3 is 0 Å². The number of anilines is 1. The van der Waals surface area contributed by atoms with Crippen molar-refractivity contribution in [3.8, 4) is 6.07 Å². The Bertz CT molecular complexity index is 868. The van der Waals surface area contributed by atoms with Gasteiger partial charge in [0.2, 0.25) is 0 Å². The number of para-hydroxylation sites is 1. The maximum Gasteiger partial charge on any atom is 0.266 e. The highest BCUT2D eigenvalue weighted by atomic mass is 16.2. The van der Waals surface area contributed by atoms with Crippen LogP contribution < -0.4 is 5.32 Å². The topological polar surface area (TPSA) is 56.1 Å². The molecule has 1 saturated heterocycles. The molecule has 0 unspecified atom stereocenters. The molecule has 1 amide bonds. The monoisotopic (exact) mass is 373 g/mol. The molecule has 28 heavy (non-hydrogen) atoms. The number of nitriles is 1. The fraction of sp³-hybridized carbons (Fsp3) is 0.333. The van der Waals surface area contributed by atoms with Gasteiger partial charge in [0, 0.05) is 25.0 Å². The van der Waals surface area contributed by atoms with E-state index < -0.39 is 0 Å². The van der Waals surface area contributed by atoms with Gasteiger partial charge in [0.05, 0.1) is 0 Å². The molecule has 3 rings (SSSR count). The van der Waals surface area contributed by atoms with E-state index in [-0.39, 0.29) is 11.5 Å². The van der Waals surface area contributed by atoms with Crippen LogP contribution >= 0.6 is 0 Å². The van der Waals surface area contributed by atoms with Gasteiger partial charge in [-0.05, 0) is 55.7 Å². The van der Waals surface area contributed by atoms with Crippen molar-refractivity contribution in [3.05, 3.63) is 77.0 Å². The first-order valence-corrected chi connectivity index (χ1v) is 9.84. The average Bonchev–Trinajstić information content (AvgIpc) is 2.71. The molecule has 0 bridgehead atoms. The largest absolute Gasteiger partial charge is 0.360 e. The number of nitrogens with zero attached hydrogens (tertiary/aromatic N) is 2. The Morgan fingerprint density at radius 1 is 1.11 bits per heavy atom. The van der Waals surface area contributed by atoms with Gasteiger partial charge in [-0.1, -0.05) is 48.5 Å². The van der Waals surface area contributed by atoms with Gasteiger partial charge in [0.15, 0.2) is 0 Å². The highest BCUT2D eigenvalue weighted by molar-refractivity contribution is 5.97. The van der Waals surface area contributed by atoms with E-state index >= 15 is 0 Å². The first-order chi connectivity index (χ1) is 13.6. The second-order valence-electron chi connectivity index (χ2n) is 7.51. The molecule has 0 atom stereocenters. The van der Waals surface area contributed by atoms with E-state index in [0.29, 0.717) is 19.0 Å². The Morgan fingerprint density at radius 2 is 1.75 bits per heavy atom. The molecule has 0 aliphatic carbocycles. The van der Waals surface area contributed by atoms with Crippen LogP contribution in [0.3, 0.4) is 0 Å². The molecule has 1 aliphatic rings. The summed E-state index contributed by atoms with van der Waals surface area (Å²) in [6.07, 6.45) is 4.55. The van der Waals surface area contributed by atoms with Gasteiger partial charge in [0.1, 0.15) is 11.6 Å². The summed E-state index contributed by atoms with van der Waals surface area (Å²) in [4.78, 5) is 14.6. The normalized spacial score (nSPS) is 15.2. The van der Waals surface area contributed by atoms with E-state index in [1.807, 2.05) is 43.0 Å². The molecular weight excluding hydrogens is 346 g/mol. The van der Waals surface area contributed by atoms with Crippen LogP contribution in [0.4, 0.5) is 5.69 Å². The molecule has 1 fully saturated rings. The maximum atomic E-state index is 12.8. The first-order valence-electron chi connectivity index (χ1n) is 9.84. The first kappa shape index (κ1) is 19.7. The van der Waals surface area contributed by atoms with Crippen molar-refractivity contribution < 1.29 is 4.79 Å². The minimum absolute atomic E-state index is 0.157. The van der Waals surface area contributed by atoms with Crippen molar-refractivity contribution in [1.82, 2.24) is 4.90 Å². The van der Waals surface area contributed by atoms with Crippen LogP contribution in [0.2, 0.25) is 0 Å². The molecule has 1 aliphatic heterocycles. The second-order valence-corrected chi connectivity index (χ2v) is 7.51. The lowest BCUT2D eigenvalue weighted by Crippen LogP contribution is -2.39. The predicted octanol–water partition coefficient (Wildman–Crippen LogP) is 4.60. The zero-order valence-corrected chi connectivity index (χ0v) is 16.6. The zero-order valence-electron chi connectivity index (χ0n) is 16.6. The number of amides is 1. The summed E-state index contributed by atoms with van der Waals surface area (Å²) >= 11 is 0. The highest BCUT2D eigenvalue weighted by Crippen LogP contribution is 2.23.